The minimum absolute atomic E-state index is 0.134. The van der Waals surface area contributed by atoms with Gasteiger partial charge in [0.15, 0.2) is 0 Å². The second-order valence-corrected chi connectivity index (χ2v) is 10.7. The van der Waals surface area contributed by atoms with Crippen LogP contribution in [0.5, 0.6) is 0 Å². The molecule has 0 aliphatic carbocycles. The predicted molar refractivity (Wildman–Crippen MR) is 141 cm³/mol. The van der Waals surface area contributed by atoms with Crippen molar-refractivity contribution in [2.75, 3.05) is 13.1 Å². The number of thiazole rings is 1. The molecule has 9 heteroatoms. The van der Waals surface area contributed by atoms with Crippen molar-refractivity contribution in [2.24, 2.45) is 5.41 Å². The normalized spacial score (nSPS) is 12.4. The summed E-state index contributed by atoms with van der Waals surface area (Å²) in [6.45, 7) is 7.05. The summed E-state index contributed by atoms with van der Waals surface area (Å²) in [7, 11) is 0. The average molecular weight is 506 g/mol. The Morgan fingerprint density at radius 1 is 1.08 bits per heavy atom. The van der Waals surface area contributed by atoms with Gasteiger partial charge in [-0.25, -0.2) is 14.8 Å². The first kappa shape index (κ1) is 25.4. The summed E-state index contributed by atoms with van der Waals surface area (Å²) >= 11 is 1.39. The van der Waals surface area contributed by atoms with E-state index in [1.807, 2.05) is 54.6 Å². The van der Waals surface area contributed by atoms with E-state index in [2.05, 4.69) is 41.0 Å². The molecule has 2 aromatic carbocycles. The zero-order valence-electron chi connectivity index (χ0n) is 20.7. The number of fused-ring (bicyclic) bond motifs is 1. The number of aromatic nitrogens is 3. The van der Waals surface area contributed by atoms with Gasteiger partial charge in [0.1, 0.15) is 11.5 Å². The van der Waals surface area contributed by atoms with Gasteiger partial charge in [-0.1, -0.05) is 63.2 Å². The van der Waals surface area contributed by atoms with Crippen LogP contribution in [0.15, 0.2) is 60.0 Å². The topological polar surface area (TPSA) is 111 Å². The number of aromatic amines is 1. The molecule has 4 aromatic rings. The quantitative estimate of drug-likeness (QED) is 0.286. The predicted octanol–water partition coefficient (Wildman–Crippen LogP) is 5.30. The lowest BCUT2D eigenvalue weighted by Crippen LogP contribution is -2.37. The first-order valence-corrected chi connectivity index (χ1v) is 12.8. The molecule has 2 aromatic heterocycles. The Hall–Kier alpha value is -3.72. The van der Waals surface area contributed by atoms with Crippen molar-refractivity contribution in [1.82, 2.24) is 25.2 Å². The number of nitrogens with one attached hydrogen (secondary N) is 2. The molecule has 0 fully saturated rings. The number of imidazole rings is 1. The number of hydrogen-bond donors (Lipinski definition) is 3. The van der Waals surface area contributed by atoms with Crippen LogP contribution in [0.2, 0.25) is 0 Å². The Labute approximate surface area is 214 Å². The van der Waals surface area contributed by atoms with Crippen LogP contribution in [-0.2, 0) is 13.0 Å². The maximum Gasteiger partial charge on any atom is 0.407 e. The van der Waals surface area contributed by atoms with Crippen LogP contribution >= 0.6 is 11.3 Å². The fraction of sp³-hybridized carbons (Fsp3) is 0.333. The molecule has 0 bridgehead atoms. The first-order valence-electron chi connectivity index (χ1n) is 11.9. The lowest BCUT2D eigenvalue weighted by Gasteiger charge is -2.32. The van der Waals surface area contributed by atoms with E-state index in [4.69, 9.17) is 0 Å². The van der Waals surface area contributed by atoms with Crippen LogP contribution in [0.1, 0.15) is 53.6 Å². The molecular weight excluding hydrogens is 474 g/mol. The van der Waals surface area contributed by atoms with E-state index in [0.29, 0.717) is 18.1 Å². The number of nitrogens with zero attached hydrogens (tertiary/aromatic N) is 3. The van der Waals surface area contributed by atoms with E-state index < -0.39 is 6.09 Å². The second-order valence-electron chi connectivity index (χ2n) is 9.84. The molecule has 3 N–H and O–H groups in total. The zero-order chi connectivity index (χ0) is 25.7. The van der Waals surface area contributed by atoms with E-state index >= 15 is 0 Å². The molecule has 188 valence electrons. The highest BCUT2D eigenvalue weighted by Gasteiger charge is 2.33. The van der Waals surface area contributed by atoms with Gasteiger partial charge >= 0.3 is 6.09 Å². The minimum Gasteiger partial charge on any atom is -0.465 e. The highest BCUT2D eigenvalue weighted by molar-refractivity contribution is 7.10. The SMILES string of the molecule is CC(C)(C)C(CN(Cc1nc2ccccc2[nH]1)C(=O)O)c1nc(C(=O)NCCc2ccccc2)cs1. The molecule has 8 nitrogen and oxygen atoms in total. The molecule has 4 rings (SSSR count). The van der Waals surface area contributed by atoms with Gasteiger partial charge in [0, 0.05) is 24.4 Å². The molecule has 2 heterocycles. The number of para-hydroxylation sites is 2. The third kappa shape index (κ3) is 6.28. The van der Waals surface area contributed by atoms with Crippen molar-refractivity contribution < 1.29 is 14.7 Å². The Bertz CT molecular complexity index is 1290. The number of carbonyl (C=O) groups excluding carboxylic acids is 1. The molecule has 1 unspecified atom stereocenters. The fourth-order valence-electron chi connectivity index (χ4n) is 4.02. The molecule has 36 heavy (non-hydrogen) atoms. The van der Waals surface area contributed by atoms with Crippen LogP contribution in [0.25, 0.3) is 11.0 Å². The molecule has 0 spiro atoms. The van der Waals surface area contributed by atoms with Gasteiger partial charge in [-0.15, -0.1) is 11.3 Å². The van der Waals surface area contributed by atoms with Gasteiger partial charge in [-0.3, -0.25) is 4.79 Å². The Kier molecular flexibility index (Phi) is 7.69. The maximum absolute atomic E-state index is 12.7. The van der Waals surface area contributed by atoms with Gasteiger partial charge in [0.25, 0.3) is 5.91 Å². The lowest BCUT2D eigenvalue weighted by molar-refractivity contribution is 0.0948. The highest BCUT2D eigenvalue weighted by atomic mass is 32.1. The van der Waals surface area contributed by atoms with Crippen LogP contribution in [0.3, 0.4) is 0 Å². The van der Waals surface area contributed by atoms with Crippen molar-refractivity contribution in [1.29, 1.82) is 0 Å². The standard InChI is InChI=1S/C27H31N5O3S/c1-27(2,3)19(15-32(26(34)35)16-23-29-20-11-7-8-12-21(20)30-23)25-31-22(17-36-25)24(33)28-14-13-18-9-5-4-6-10-18/h4-12,17,19H,13-16H2,1-3H3,(H,28,33)(H,29,30)(H,34,35). The van der Waals surface area contributed by atoms with Crippen LogP contribution in [0.4, 0.5) is 4.79 Å². The zero-order valence-corrected chi connectivity index (χ0v) is 21.5. The largest absolute Gasteiger partial charge is 0.465 e. The van der Waals surface area contributed by atoms with Crippen LogP contribution < -0.4 is 5.32 Å². The maximum atomic E-state index is 12.7. The van der Waals surface area contributed by atoms with E-state index in [0.717, 1.165) is 28.0 Å². The molecule has 0 aliphatic heterocycles. The average Bonchev–Trinajstić information content (AvgIpc) is 3.48. The smallest absolute Gasteiger partial charge is 0.407 e. The number of carboxylic acid groups (broad SMARTS) is 1. The summed E-state index contributed by atoms with van der Waals surface area (Å²) in [5.41, 5.74) is 2.90. The second kappa shape index (κ2) is 10.9. The summed E-state index contributed by atoms with van der Waals surface area (Å²) in [6, 6.07) is 17.6. The molecule has 0 saturated heterocycles. The van der Waals surface area contributed by atoms with Crippen molar-refractivity contribution in [3.05, 3.63) is 82.1 Å². The van der Waals surface area contributed by atoms with E-state index in [9.17, 15) is 14.7 Å². The third-order valence-electron chi connectivity index (χ3n) is 6.09. The van der Waals surface area contributed by atoms with Gasteiger partial charge in [0.2, 0.25) is 0 Å². The van der Waals surface area contributed by atoms with Crippen molar-refractivity contribution in [3.8, 4) is 0 Å². The van der Waals surface area contributed by atoms with E-state index in [1.54, 1.807) is 5.38 Å². The summed E-state index contributed by atoms with van der Waals surface area (Å²) in [4.78, 5) is 38.6. The number of H-pyrrole nitrogens is 1. The Balaban J connectivity index is 1.45. The summed E-state index contributed by atoms with van der Waals surface area (Å²) in [6.07, 6.45) is -0.288. The minimum atomic E-state index is -1.03. The van der Waals surface area contributed by atoms with E-state index in [-0.39, 0.29) is 30.3 Å². The first-order chi connectivity index (χ1) is 17.2. The van der Waals surface area contributed by atoms with Gasteiger partial charge in [-0.05, 0) is 29.5 Å². The Morgan fingerprint density at radius 3 is 2.50 bits per heavy atom. The van der Waals surface area contributed by atoms with Crippen molar-refractivity contribution in [3.63, 3.8) is 0 Å². The van der Waals surface area contributed by atoms with Crippen LogP contribution in [-0.4, -0.2) is 50.0 Å². The monoisotopic (exact) mass is 505 g/mol. The molecule has 2 amide bonds. The summed E-state index contributed by atoms with van der Waals surface area (Å²) in [5, 5.41) is 15.4. The molecule has 1 atom stereocenters. The molecule has 0 aliphatic rings. The fourth-order valence-corrected chi connectivity index (χ4v) is 5.16. The van der Waals surface area contributed by atoms with Crippen LogP contribution in [0, 0.1) is 5.41 Å². The van der Waals surface area contributed by atoms with Gasteiger partial charge < -0.3 is 20.3 Å². The van der Waals surface area contributed by atoms with Gasteiger partial charge in [0.05, 0.1) is 22.6 Å². The summed E-state index contributed by atoms with van der Waals surface area (Å²) < 4.78 is 0. The van der Waals surface area contributed by atoms with Gasteiger partial charge in [-0.2, -0.15) is 0 Å². The number of amides is 2. The highest BCUT2D eigenvalue weighted by Crippen LogP contribution is 2.37. The Morgan fingerprint density at radius 2 is 1.81 bits per heavy atom. The number of carbonyl (C=O) groups is 2. The molecule has 0 saturated carbocycles. The molecular formula is C27H31N5O3S. The van der Waals surface area contributed by atoms with Crippen molar-refractivity contribution in [2.45, 2.75) is 39.7 Å². The third-order valence-corrected chi connectivity index (χ3v) is 7.05. The summed E-state index contributed by atoms with van der Waals surface area (Å²) in [5.74, 6) is 0.163. The van der Waals surface area contributed by atoms with E-state index in [1.165, 1.54) is 16.2 Å². The number of benzene rings is 2. The van der Waals surface area contributed by atoms with Crippen molar-refractivity contribution >= 4 is 34.4 Å². The molecule has 0 radical (unpaired) electrons. The number of hydrogen-bond acceptors (Lipinski definition) is 5. The number of rotatable bonds is 9. The lowest BCUT2D eigenvalue weighted by atomic mass is 9.80.